The van der Waals surface area contributed by atoms with Gasteiger partial charge in [0, 0.05) is 43.1 Å². The van der Waals surface area contributed by atoms with Gasteiger partial charge in [0.1, 0.15) is 11.6 Å². The standard InChI is InChI=1S/C27H34N6O3/c1-16-7-18-11-28-33(27-10-26(29-17(2)30-27)32-12-21-8-20(32)15-36-21)24(18)9-23(16)22-3-5-31(13-25(22)34)19-4-6-35-14-19/h7,9-11,19-22,25,34H,3-6,8,12-15H2,1-2H3. The van der Waals surface area contributed by atoms with Crippen LogP contribution in [0.3, 0.4) is 0 Å². The van der Waals surface area contributed by atoms with E-state index in [0.29, 0.717) is 24.7 Å². The summed E-state index contributed by atoms with van der Waals surface area (Å²) >= 11 is 0. The number of hydrogen-bond donors (Lipinski definition) is 1. The maximum Gasteiger partial charge on any atom is 0.159 e. The van der Waals surface area contributed by atoms with Gasteiger partial charge in [0.05, 0.1) is 43.2 Å². The highest BCUT2D eigenvalue weighted by Gasteiger charge is 2.40. The number of aliphatic hydroxyl groups is 1. The summed E-state index contributed by atoms with van der Waals surface area (Å²) in [5, 5.41) is 17.0. The topological polar surface area (TPSA) is 88.8 Å². The Kier molecular flexibility index (Phi) is 5.50. The van der Waals surface area contributed by atoms with Gasteiger partial charge in [-0.25, -0.2) is 14.6 Å². The van der Waals surface area contributed by atoms with Crippen molar-refractivity contribution in [1.29, 1.82) is 0 Å². The minimum atomic E-state index is -0.396. The number of morpholine rings is 1. The van der Waals surface area contributed by atoms with E-state index in [1.165, 1.54) is 11.1 Å². The molecule has 7 rings (SSSR count). The molecule has 4 saturated heterocycles. The van der Waals surface area contributed by atoms with Gasteiger partial charge in [0.15, 0.2) is 5.82 Å². The van der Waals surface area contributed by atoms with Crippen LogP contribution in [0, 0.1) is 13.8 Å². The van der Waals surface area contributed by atoms with Crippen LogP contribution in [0.2, 0.25) is 0 Å². The fourth-order valence-electron chi connectivity index (χ4n) is 6.72. The molecular weight excluding hydrogens is 456 g/mol. The molecule has 4 aliphatic rings. The molecule has 5 unspecified atom stereocenters. The number of piperidine rings is 1. The number of likely N-dealkylation sites (tertiary alicyclic amines) is 1. The maximum atomic E-state index is 11.2. The highest BCUT2D eigenvalue weighted by atomic mass is 16.5. The fourth-order valence-corrected chi connectivity index (χ4v) is 6.72. The van der Waals surface area contributed by atoms with Crippen molar-refractivity contribution in [2.45, 2.75) is 63.3 Å². The van der Waals surface area contributed by atoms with Crippen molar-refractivity contribution in [3.63, 3.8) is 0 Å². The van der Waals surface area contributed by atoms with E-state index in [9.17, 15) is 5.11 Å². The van der Waals surface area contributed by atoms with E-state index >= 15 is 0 Å². The first-order chi connectivity index (χ1) is 17.5. The van der Waals surface area contributed by atoms with Gasteiger partial charge in [-0.3, -0.25) is 4.90 Å². The van der Waals surface area contributed by atoms with Crippen LogP contribution >= 0.6 is 0 Å². The lowest BCUT2D eigenvalue weighted by Gasteiger charge is -2.39. The van der Waals surface area contributed by atoms with Gasteiger partial charge in [0.25, 0.3) is 0 Å². The number of aryl methyl sites for hydroxylation is 2. The van der Waals surface area contributed by atoms with E-state index in [1.807, 2.05) is 17.8 Å². The number of hydrogen-bond acceptors (Lipinski definition) is 8. The summed E-state index contributed by atoms with van der Waals surface area (Å²) < 4.78 is 13.3. The minimum Gasteiger partial charge on any atom is -0.391 e. The van der Waals surface area contributed by atoms with E-state index in [4.69, 9.17) is 24.5 Å². The van der Waals surface area contributed by atoms with Gasteiger partial charge in [0.2, 0.25) is 0 Å². The van der Waals surface area contributed by atoms with Crippen LogP contribution in [0.4, 0.5) is 5.82 Å². The Hall–Kier alpha value is -2.59. The molecule has 4 aliphatic heterocycles. The molecule has 0 aliphatic carbocycles. The van der Waals surface area contributed by atoms with Crippen molar-refractivity contribution < 1.29 is 14.6 Å². The molecule has 9 nitrogen and oxygen atoms in total. The summed E-state index contributed by atoms with van der Waals surface area (Å²) in [6, 6.07) is 7.31. The third-order valence-corrected chi connectivity index (χ3v) is 8.61. The molecular formula is C27H34N6O3. The number of rotatable bonds is 4. The van der Waals surface area contributed by atoms with Crippen LogP contribution in [-0.4, -0.2) is 93.5 Å². The number of fused-ring (bicyclic) bond motifs is 3. The second-order valence-corrected chi connectivity index (χ2v) is 10.9. The summed E-state index contributed by atoms with van der Waals surface area (Å²) in [6.45, 7) is 9.05. The second-order valence-electron chi connectivity index (χ2n) is 10.9. The number of β-amino-alcohol motifs (C(OH)–C–C–N with tert-alkyl or cyclic N) is 1. The van der Waals surface area contributed by atoms with Gasteiger partial charge < -0.3 is 19.5 Å². The second kappa shape index (κ2) is 8.76. The number of nitrogens with zero attached hydrogens (tertiary/aromatic N) is 6. The van der Waals surface area contributed by atoms with Crippen LogP contribution in [0.5, 0.6) is 0 Å². The molecule has 5 atom stereocenters. The Labute approximate surface area is 211 Å². The molecule has 0 radical (unpaired) electrons. The molecule has 4 fully saturated rings. The van der Waals surface area contributed by atoms with Crippen molar-refractivity contribution in [3.8, 4) is 5.82 Å². The average Bonchev–Trinajstić information content (AvgIpc) is 3.68. The SMILES string of the molecule is Cc1nc(N2CC3CC2CO3)cc(-n2ncc3cc(C)c(C4CCN(C5CCOC5)CC4O)cc32)n1. The molecule has 0 amide bonds. The smallest absolute Gasteiger partial charge is 0.159 e. The lowest BCUT2D eigenvalue weighted by molar-refractivity contribution is 0.0264. The summed E-state index contributed by atoms with van der Waals surface area (Å²) in [6.07, 6.45) is 4.90. The summed E-state index contributed by atoms with van der Waals surface area (Å²) in [4.78, 5) is 14.3. The Morgan fingerprint density at radius 2 is 1.89 bits per heavy atom. The Bertz CT molecular complexity index is 1290. The Morgan fingerprint density at radius 3 is 2.64 bits per heavy atom. The molecule has 3 aromatic rings. The molecule has 0 spiro atoms. The Balaban J connectivity index is 1.21. The number of ether oxygens (including phenoxy) is 2. The summed E-state index contributed by atoms with van der Waals surface area (Å²) in [5.41, 5.74) is 3.43. The Morgan fingerprint density at radius 1 is 1.00 bits per heavy atom. The quantitative estimate of drug-likeness (QED) is 0.596. The first-order valence-corrected chi connectivity index (χ1v) is 13.3. The minimum absolute atomic E-state index is 0.110. The third-order valence-electron chi connectivity index (χ3n) is 8.61. The number of anilines is 1. The van der Waals surface area contributed by atoms with Crippen LogP contribution in [0.1, 0.15) is 42.1 Å². The fraction of sp³-hybridized carbons (Fsp3) is 0.593. The van der Waals surface area contributed by atoms with Crippen molar-refractivity contribution >= 4 is 16.7 Å². The number of benzene rings is 1. The maximum absolute atomic E-state index is 11.2. The molecule has 2 aromatic heterocycles. The number of aromatic nitrogens is 4. The van der Waals surface area contributed by atoms with Crippen LogP contribution in [0.15, 0.2) is 24.4 Å². The largest absolute Gasteiger partial charge is 0.391 e. The van der Waals surface area contributed by atoms with Gasteiger partial charge in [-0.15, -0.1) is 0 Å². The van der Waals surface area contributed by atoms with E-state index in [-0.39, 0.29) is 5.92 Å². The van der Waals surface area contributed by atoms with E-state index in [1.54, 1.807) is 0 Å². The predicted molar refractivity (Wildman–Crippen MR) is 136 cm³/mol. The van der Waals surface area contributed by atoms with Crippen molar-refractivity contribution in [1.82, 2.24) is 24.6 Å². The highest BCUT2D eigenvalue weighted by molar-refractivity contribution is 5.82. The van der Waals surface area contributed by atoms with Crippen LogP contribution < -0.4 is 4.90 Å². The van der Waals surface area contributed by atoms with E-state index in [0.717, 1.165) is 80.5 Å². The lowest BCUT2D eigenvalue weighted by atomic mass is 9.84. The molecule has 190 valence electrons. The molecule has 36 heavy (non-hydrogen) atoms. The van der Waals surface area contributed by atoms with Crippen molar-refractivity contribution in [2.24, 2.45) is 0 Å². The van der Waals surface area contributed by atoms with Gasteiger partial charge >= 0.3 is 0 Å². The van der Waals surface area contributed by atoms with Crippen molar-refractivity contribution in [2.75, 3.05) is 44.4 Å². The normalized spacial score (nSPS) is 30.6. The molecule has 2 bridgehead atoms. The molecule has 1 N–H and O–H groups in total. The van der Waals surface area contributed by atoms with E-state index in [2.05, 4.69) is 34.9 Å². The molecule has 1 aromatic carbocycles. The average molecular weight is 491 g/mol. The summed E-state index contributed by atoms with van der Waals surface area (Å²) in [5.74, 6) is 2.57. The number of aliphatic hydroxyl groups excluding tert-OH is 1. The first-order valence-electron chi connectivity index (χ1n) is 13.3. The predicted octanol–water partition coefficient (Wildman–Crippen LogP) is 2.35. The summed E-state index contributed by atoms with van der Waals surface area (Å²) in [7, 11) is 0. The zero-order valence-electron chi connectivity index (χ0n) is 21.0. The van der Waals surface area contributed by atoms with Crippen LogP contribution in [0.25, 0.3) is 16.7 Å². The molecule has 0 saturated carbocycles. The molecule has 9 heteroatoms. The van der Waals surface area contributed by atoms with Crippen LogP contribution in [-0.2, 0) is 9.47 Å². The van der Waals surface area contributed by atoms with Gasteiger partial charge in [-0.1, -0.05) is 0 Å². The zero-order valence-corrected chi connectivity index (χ0v) is 21.0. The van der Waals surface area contributed by atoms with Gasteiger partial charge in [-0.05, 0) is 62.9 Å². The lowest BCUT2D eigenvalue weighted by Crippen LogP contribution is -2.48. The van der Waals surface area contributed by atoms with Gasteiger partial charge in [-0.2, -0.15) is 5.10 Å². The highest BCUT2D eigenvalue weighted by Crippen LogP contribution is 2.36. The van der Waals surface area contributed by atoms with E-state index < -0.39 is 6.10 Å². The van der Waals surface area contributed by atoms with Crippen molar-refractivity contribution in [3.05, 3.63) is 41.3 Å². The zero-order chi connectivity index (χ0) is 24.4. The monoisotopic (exact) mass is 490 g/mol. The molecule has 6 heterocycles. The first kappa shape index (κ1) is 22.6. The third kappa shape index (κ3) is 3.80.